The molecule has 4 nitrogen and oxygen atoms in total. The van der Waals surface area contributed by atoms with Gasteiger partial charge in [-0.15, -0.1) is 5.10 Å². The Balaban J connectivity index is 2.64. The summed E-state index contributed by atoms with van der Waals surface area (Å²) in [5.74, 6) is -0.506. The van der Waals surface area contributed by atoms with Gasteiger partial charge in [0.15, 0.2) is 0 Å². The van der Waals surface area contributed by atoms with Crippen LogP contribution >= 0.6 is 23.2 Å². The molecule has 2 aromatic rings. The highest BCUT2D eigenvalue weighted by Crippen LogP contribution is 2.29. The van der Waals surface area contributed by atoms with E-state index >= 15 is 0 Å². The van der Waals surface area contributed by atoms with Gasteiger partial charge in [-0.2, -0.15) is 0 Å². The molecule has 0 radical (unpaired) electrons. The van der Waals surface area contributed by atoms with Crippen molar-refractivity contribution in [3.63, 3.8) is 0 Å². The van der Waals surface area contributed by atoms with E-state index in [0.717, 1.165) is 12.1 Å². The van der Waals surface area contributed by atoms with Crippen molar-refractivity contribution in [3.8, 4) is 5.69 Å². The summed E-state index contributed by atoms with van der Waals surface area (Å²) in [6.45, 7) is 0.233. The maximum absolute atomic E-state index is 13.0. The van der Waals surface area contributed by atoms with Gasteiger partial charge in [0.2, 0.25) is 0 Å². The third-order valence-electron chi connectivity index (χ3n) is 2.02. The molecule has 0 saturated carbocycles. The van der Waals surface area contributed by atoms with Gasteiger partial charge in [-0.25, -0.2) is 9.07 Å². The molecule has 1 heterocycles. The Labute approximate surface area is 101 Å². The third kappa shape index (κ3) is 1.89. The van der Waals surface area contributed by atoms with Gasteiger partial charge in [0.25, 0.3) is 0 Å². The predicted molar refractivity (Wildman–Crippen MR) is 59.2 cm³/mol. The third-order valence-corrected chi connectivity index (χ3v) is 2.60. The molecule has 2 rings (SSSR count). The fraction of sp³-hybridized carbons (Fsp3) is 0.111. The number of aromatic nitrogens is 3. The van der Waals surface area contributed by atoms with Crippen molar-refractivity contribution in [2.45, 2.75) is 6.54 Å². The summed E-state index contributed by atoms with van der Waals surface area (Å²) in [6.07, 6.45) is 1.50. The van der Waals surface area contributed by atoms with Crippen LogP contribution in [0.4, 0.5) is 4.39 Å². The Hall–Kier alpha value is -1.17. The average Bonchev–Trinajstić information content (AvgIpc) is 2.64. The summed E-state index contributed by atoms with van der Waals surface area (Å²) in [4.78, 5) is 0. The first-order valence-corrected chi connectivity index (χ1v) is 5.13. The Morgan fingerprint density at radius 1 is 1.31 bits per heavy atom. The van der Waals surface area contributed by atoms with E-state index in [-0.39, 0.29) is 16.6 Å². The van der Waals surface area contributed by atoms with Gasteiger partial charge in [0, 0.05) is 6.54 Å². The fourth-order valence-electron chi connectivity index (χ4n) is 1.32. The minimum absolute atomic E-state index is 0.158. The quantitative estimate of drug-likeness (QED) is 0.901. The topological polar surface area (TPSA) is 56.7 Å². The van der Waals surface area contributed by atoms with E-state index in [4.69, 9.17) is 28.9 Å². The molecule has 0 aliphatic heterocycles. The van der Waals surface area contributed by atoms with Crippen LogP contribution in [0.15, 0.2) is 18.3 Å². The lowest BCUT2D eigenvalue weighted by atomic mass is 10.3. The monoisotopic (exact) mass is 260 g/mol. The van der Waals surface area contributed by atoms with Crippen LogP contribution in [-0.2, 0) is 6.54 Å². The number of nitrogens with two attached hydrogens (primary N) is 1. The van der Waals surface area contributed by atoms with Crippen molar-refractivity contribution in [2.75, 3.05) is 0 Å². The van der Waals surface area contributed by atoms with Gasteiger partial charge in [-0.1, -0.05) is 28.4 Å². The molecule has 7 heteroatoms. The molecule has 1 aromatic heterocycles. The molecule has 2 N–H and O–H groups in total. The second-order valence-corrected chi connectivity index (χ2v) is 3.87. The summed E-state index contributed by atoms with van der Waals surface area (Å²) in [5, 5.41) is 7.82. The summed E-state index contributed by atoms with van der Waals surface area (Å²) in [6, 6.07) is 2.31. The Kier molecular flexibility index (Phi) is 3.09. The summed E-state index contributed by atoms with van der Waals surface area (Å²) < 4.78 is 14.4. The van der Waals surface area contributed by atoms with E-state index in [1.54, 1.807) is 0 Å². The Morgan fingerprint density at radius 2 is 1.94 bits per heavy atom. The second kappa shape index (κ2) is 4.37. The van der Waals surface area contributed by atoms with Gasteiger partial charge in [0.1, 0.15) is 11.5 Å². The van der Waals surface area contributed by atoms with E-state index in [9.17, 15) is 4.39 Å². The zero-order valence-electron chi connectivity index (χ0n) is 7.99. The normalized spacial score (nSPS) is 10.8. The predicted octanol–water partition coefficient (Wildman–Crippen LogP) is 2.17. The SMILES string of the molecule is NCc1cnnn1-c1c(Cl)cc(F)cc1Cl. The molecule has 0 spiro atoms. The van der Waals surface area contributed by atoms with Crippen molar-refractivity contribution in [2.24, 2.45) is 5.73 Å². The number of hydrogen-bond donors (Lipinski definition) is 1. The molecule has 0 saturated heterocycles. The maximum Gasteiger partial charge on any atom is 0.126 e. The van der Waals surface area contributed by atoms with Crippen LogP contribution in [0.3, 0.4) is 0 Å². The van der Waals surface area contributed by atoms with Crippen LogP contribution in [0.5, 0.6) is 0 Å². The largest absolute Gasteiger partial charge is 0.325 e. The zero-order valence-corrected chi connectivity index (χ0v) is 9.50. The molecule has 0 fully saturated rings. The first kappa shape index (κ1) is 11.3. The summed E-state index contributed by atoms with van der Waals surface area (Å²) >= 11 is 11.8. The van der Waals surface area contributed by atoms with Crippen molar-refractivity contribution < 1.29 is 4.39 Å². The molecule has 0 atom stereocenters. The van der Waals surface area contributed by atoms with Gasteiger partial charge >= 0.3 is 0 Å². The maximum atomic E-state index is 13.0. The first-order valence-electron chi connectivity index (χ1n) is 4.38. The van der Waals surface area contributed by atoms with Gasteiger partial charge in [-0.3, -0.25) is 0 Å². The number of nitrogens with zero attached hydrogens (tertiary/aromatic N) is 3. The lowest BCUT2D eigenvalue weighted by molar-refractivity contribution is 0.626. The van der Waals surface area contributed by atoms with Crippen molar-refractivity contribution in [3.05, 3.63) is 39.9 Å². The van der Waals surface area contributed by atoms with Gasteiger partial charge in [-0.05, 0) is 12.1 Å². The van der Waals surface area contributed by atoms with E-state index < -0.39 is 5.82 Å². The number of benzene rings is 1. The molecular formula is C9H7Cl2FN4. The molecule has 0 bridgehead atoms. The standard InChI is InChI=1S/C9H7Cl2FN4/c10-7-1-5(12)2-8(11)9(7)16-6(3-13)4-14-15-16/h1-2,4H,3,13H2. The molecule has 16 heavy (non-hydrogen) atoms. The van der Waals surface area contributed by atoms with E-state index in [1.807, 2.05) is 0 Å². The van der Waals surface area contributed by atoms with Crippen LogP contribution in [0.1, 0.15) is 5.69 Å². The van der Waals surface area contributed by atoms with E-state index in [2.05, 4.69) is 10.3 Å². The van der Waals surface area contributed by atoms with Crippen LogP contribution < -0.4 is 5.73 Å². The van der Waals surface area contributed by atoms with E-state index in [1.165, 1.54) is 10.9 Å². The number of hydrogen-bond acceptors (Lipinski definition) is 3. The summed E-state index contributed by atoms with van der Waals surface area (Å²) in [5.41, 5.74) is 6.51. The lowest BCUT2D eigenvalue weighted by Gasteiger charge is -2.08. The minimum Gasteiger partial charge on any atom is -0.325 e. The van der Waals surface area contributed by atoms with Crippen molar-refractivity contribution in [1.29, 1.82) is 0 Å². The minimum atomic E-state index is -0.506. The van der Waals surface area contributed by atoms with Gasteiger partial charge < -0.3 is 5.73 Å². The number of rotatable bonds is 2. The van der Waals surface area contributed by atoms with Crippen LogP contribution in [-0.4, -0.2) is 15.0 Å². The van der Waals surface area contributed by atoms with Gasteiger partial charge in [0.05, 0.1) is 21.9 Å². The fourth-order valence-corrected chi connectivity index (χ4v) is 1.94. The molecule has 1 aromatic carbocycles. The smallest absolute Gasteiger partial charge is 0.126 e. The van der Waals surface area contributed by atoms with Crippen molar-refractivity contribution in [1.82, 2.24) is 15.0 Å². The molecule has 0 aliphatic rings. The Morgan fingerprint density at radius 3 is 2.50 bits per heavy atom. The number of halogens is 3. The molecular weight excluding hydrogens is 254 g/mol. The molecule has 0 aliphatic carbocycles. The molecule has 0 amide bonds. The average molecular weight is 261 g/mol. The second-order valence-electron chi connectivity index (χ2n) is 3.06. The van der Waals surface area contributed by atoms with Crippen LogP contribution in [0.25, 0.3) is 5.69 Å². The van der Waals surface area contributed by atoms with Crippen molar-refractivity contribution >= 4 is 23.2 Å². The Bertz CT molecular complexity index is 503. The van der Waals surface area contributed by atoms with Crippen LogP contribution in [0, 0.1) is 5.82 Å². The summed E-state index contributed by atoms with van der Waals surface area (Å²) in [7, 11) is 0. The van der Waals surface area contributed by atoms with E-state index in [0.29, 0.717) is 11.4 Å². The lowest BCUT2D eigenvalue weighted by Crippen LogP contribution is -2.08. The highest BCUT2D eigenvalue weighted by molar-refractivity contribution is 6.37. The highest BCUT2D eigenvalue weighted by Gasteiger charge is 2.14. The zero-order chi connectivity index (χ0) is 11.7. The molecule has 84 valence electrons. The van der Waals surface area contributed by atoms with Crippen LogP contribution in [0.2, 0.25) is 10.0 Å². The molecule has 0 unspecified atom stereocenters. The first-order chi connectivity index (χ1) is 7.63. The highest BCUT2D eigenvalue weighted by atomic mass is 35.5.